The van der Waals surface area contributed by atoms with Gasteiger partial charge in [-0.2, -0.15) is 0 Å². The molecule has 0 unspecified atom stereocenters. The van der Waals surface area contributed by atoms with E-state index in [-0.39, 0.29) is 12.1 Å². The van der Waals surface area contributed by atoms with E-state index in [2.05, 4.69) is 59.5 Å². The molecule has 0 saturated carbocycles. The molecule has 0 bridgehead atoms. The SMILES string of the molecule is CCn1c(C)ccc1[C@H]1[C@@H](c2ccccn2)N=C2S[C@@H](C)CN21. The number of hydrogen-bond acceptors (Lipinski definition) is 4. The molecule has 4 nitrogen and oxygen atoms in total. The predicted molar refractivity (Wildman–Crippen MR) is 95.8 cm³/mol. The van der Waals surface area contributed by atoms with Crippen LogP contribution in [0.4, 0.5) is 0 Å². The van der Waals surface area contributed by atoms with Crippen LogP contribution in [0, 0.1) is 6.92 Å². The molecule has 1 fully saturated rings. The van der Waals surface area contributed by atoms with Gasteiger partial charge < -0.3 is 9.47 Å². The van der Waals surface area contributed by atoms with Crippen molar-refractivity contribution in [1.29, 1.82) is 0 Å². The number of aliphatic imine (C=N–C) groups is 1. The highest BCUT2D eigenvalue weighted by molar-refractivity contribution is 8.14. The summed E-state index contributed by atoms with van der Waals surface area (Å²) >= 11 is 1.89. The highest BCUT2D eigenvalue weighted by Gasteiger charge is 2.44. The quantitative estimate of drug-likeness (QED) is 0.860. The van der Waals surface area contributed by atoms with Crippen LogP contribution in [0.5, 0.6) is 0 Å². The van der Waals surface area contributed by atoms with Crippen molar-refractivity contribution in [3.8, 4) is 0 Å². The lowest BCUT2D eigenvalue weighted by Gasteiger charge is -2.28. The highest BCUT2D eigenvalue weighted by atomic mass is 32.2. The van der Waals surface area contributed by atoms with Gasteiger partial charge in [-0.25, -0.2) is 0 Å². The number of thioether (sulfide) groups is 1. The van der Waals surface area contributed by atoms with E-state index >= 15 is 0 Å². The predicted octanol–water partition coefficient (Wildman–Crippen LogP) is 3.80. The normalized spacial score (nSPS) is 26.5. The van der Waals surface area contributed by atoms with Gasteiger partial charge in [-0.1, -0.05) is 24.8 Å². The molecule has 0 aliphatic carbocycles. The molecule has 4 heterocycles. The Hall–Kier alpha value is -1.75. The zero-order valence-corrected chi connectivity index (χ0v) is 14.6. The zero-order valence-electron chi connectivity index (χ0n) is 13.8. The van der Waals surface area contributed by atoms with Crippen molar-refractivity contribution in [1.82, 2.24) is 14.5 Å². The second-order valence-corrected chi connectivity index (χ2v) is 7.69. The number of amidine groups is 1. The van der Waals surface area contributed by atoms with Crippen LogP contribution in [0.15, 0.2) is 41.5 Å². The second-order valence-electron chi connectivity index (χ2n) is 6.28. The fourth-order valence-electron chi connectivity index (χ4n) is 3.72. The van der Waals surface area contributed by atoms with Crippen LogP contribution < -0.4 is 0 Å². The Morgan fingerprint density at radius 2 is 2.13 bits per heavy atom. The van der Waals surface area contributed by atoms with E-state index in [1.54, 1.807) is 0 Å². The molecule has 5 heteroatoms. The van der Waals surface area contributed by atoms with Gasteiger partial charge in [-0.05, 0) is 38.1 Å². The molecule has 0 N–H and O–H groups in total. The first-order valence-corrected chi connectivity index (χ1v) is 9.15. The molecule has 0 spiro atoms. The summed E-state index contributed by atoms with van der Waals surface area (Å²) in [7, 11) is 0. The number of hydrogen-bond donors (Lipinski definition) is 0. The maximum atomic E-state index is 5.04. The second kappa shape index (κ2) is 5.71. The Balaban J connectivity index is 1.81. The van der Waals surface area contributed by atoms with Gasteiger partial charge in [0.15, 0.2) is 5.17 Å². The van der Waals surface area contributed by atoms with Crippen LogP contribution >= 0.6 is 11.8 Å². The van der Waals surface area contributed by atoms with Crippen LogP contribution in [0.2, 0.25) is 0 Å². The standard InChI is InChI=1S/C18H22N4S/c1-4-21-12(2)8-9-15(21)17-16(14-7-5-6-10-19-14)20-18-22(17)11-13(3)23-18/h5-10,13,16-17H,4,11H2,1-3H3/t13-,16+,17-/m0/s1. The summed E-state index contributed by atoms with van der Waals surface area (Å²) in [6, 6.07) is 11.0. The van der Waals surface area contributed by atoms with Crippen molar-refractivity contribution in [3.63, 3.8) is 0 Å². The molecule has 0 radical (unpaired) electrons. The maximum absolute atomic E-state index is 5.04. The summed E-state index contributed by atoms with van der Waals surface area (Å²) in [6.45, 7) is 8.73. The monoisotopic (exact) mass is 326 g/mol. The molecule has 3 atom stereocenters. The summed E-state index contributed by atoms with van der Waals surface area (Å²) < 4.78 is 2.41. The maximum Gasteiger partial charge on any atom is 0.160 e. The van der Waals surface area contributed by atoms with Gasteiger partial charge >= 0.3 is 0 Å². The van der Waals surface area contributed by atoms with E-state index in [1.807, 2.05) is 24.0 Å². The molecule has 4 rings (SSSR count). The minimum Gasteiger partial charge on any atom is -0.347 e. The van der Waals surface area contributed by atoms with E-state index in [0.717, 1.165) is 18.8 Å². The Morgan fingerprint density at radius 1 is 1.26 bits per heavy atom. The van der Waals surface area contributed by atoms with Crippen molar-refractivity contribution < 1.29 is 0 Å². The first-order valence-electron chi connectivity index (χ1n) is 8.27. The van der Waals surface area contributed by atoms with Crippen LogP contribution in [0.1, 0.15) is 43.0 Å². The molecule has 2 aliphatic rings. The molecular weight excluding hydrogens is 304 g/mol. The minimum absolute atomic E-state index is 0.0887. The number of aromatic nitrogens is 2. The first kappa shape index (κ1) is 14.8. The number of rotatable bonds is 3. The third-order valence-corrected chi connectivity index (χ3v) is 5.84. The topological polar surface area (TPSA) is 33.4 Å². The summed E-state index contributed by atoms with van der Waals surface area (Å²) in [5, 5.41) is 1.78. The molecule has 23 heavy (non-hydrogen) atoms. The van der Waals surface area contributed by atoms with Gasteiger partial charge in [0.1, 0.15) is 6.04 Å². The molecule has 2 aromatic heterocycles. The average Bonchev–Trinajstić information content (AvgIpc) is 3.19. The molecule has 2 aromatic rings. The van der Waals surface area contributed by atoms with Crippen molar-refractivity contribution in [3.05, 3.63) is 53.6 Å². The van der Waals surface area contributed by atoms with E-state index in [1.165, 1.54) is 16.6 Å². The van der Waals surface area contributed by atoms with Crippen LogP contribution in [-0.2, 0) is 6.54 Å². The lowest BCUT2D eigenvalue weighted by atomic mass is 10.0. The molecule has 2 aliphatic heterocycles. The summed E-state index contributed by atoms with van der Waals surface area (Å²) in [6.07, 6.45) is 1.87. The summed E-state index contributed by atoms with van der Waals surface area (Å²) in [4.78, 5) is 12.1. The van der Waals surface area contributed by atoms with Gasteiger partial charge in [0.2, 0.25) is 0 Å². The number of fused-ring (bicyclic) bond motifs is 1. The molecule has 1 saturated heterocycles. The molecule has 120 valence electrons. The van der Waals surface area contributed by atoms with Crippen molar-refractivity contribution in [2.75, 3.05) is 6.54 Å². The largest absolute Gasteiger partial charge is 0.347 e. The number of pyridine rings is 1. The van der Waals surface area contributed by atoms with E-state index in [9.17, 15) is 0 Å². The van der Waals surface area contributed by atoms with Gasteiger partial charge in [0.05, 0.1) is 11.7 Å². The van der Waals surface area contributed by atoms with E-state index < -0.39 is 0 Å². The Labute approximate surface area is 141 Å². The molecule has 0 amide bonds. The van der Waals surface area contributed by atoms with Gasteiger partial charge in [0, 0.05) is 35.9 Å². The van der Waals surface area contributed by atoms with Gasteiger partial charge in [-0.15, -0.1) is 0 Å². The third-order valence-electron chi connectivity index (χ3n) is 4.73. The van der Waals surface area contributed by atoms with E-state index in [0.29, 0.717) is 5.25 Å². The molecule has 0 aromatic carbocycles. The summed E-state index contributed by atoms with van der Waals surface area (Å²) in [5.41, 5.74) is 3.74. The van der Waals surface area contributed by atoms with Gasteiger partial charge in [0.25, 0.3) is 0 Å². The lowest BCUT2D eigenvalue weighted by molar-refractivity contribution is 0.306. The Morgan fingerprint density at radius 3 is 2.87 bits per heavy atom. The smallest absolute Gasteiger partial charge is 0.160 e. The van der Waals surface area contributed by atoms with Crippen LogP contribution in [-0.4, -0.2) is 31.4 Å². The first-order chi connectivity index (χ1) is 11.2. The van der Waals surface area contributed by atoms with Crippen molar-refractivity contribution in [2.24, 2.45) is 4.99 Å². The lowest BCUT2D eigenvalue weighted by Crippen LogP contribution is -2.30. The fourth-order valence-corrected chi connectivity index (χ4v) is 4.81. The van der Waals surface area contributed by atoms with Crippen molar-refractivity contribution >= 4 is 16.9 Å². The minimum atomic E-state index is 0.0887. The highest BCUT2D eigenvalue weighted by Crippen LogP contribution is 2.47. The summed E-state index contributed by atoms with van der Waals surface area (Å²) in [5.74, 6) is 0. The average molecular weight is 326 g/mol. The van der Waals surface area contributed by atoms with Crippen molar-refractivity contribution in [2.45, 2.75) is 44.6 Å². The zero-order chi connectivity index (χ0) is 16.0. The van der Waals surface area contributed by atoms with Crippen LogP contribution in [0.3, 0.4) is 0 Å². The Kier molecular flexibility index (Phi) is 3.68. The van der Waals surface area contributed by atoms with Gasteiger partial charge in [-0.3, -0.25) is 9.98 Å². The van der Waals surface area contributed by atoms with Crippen LogP contribution in [0.25, 0.3) is 0 Å². The fraction of sp³-hybridized carbons (Fsp3) is 0.444. The number of aryl methyl sites for hydroxylation is 1. The molecular formula is C18H22N4S. The Bertz CT molecular complexity index is 737. The third kappa shape index (κ3) is 2.38. The van der Waals surface area contributed by atoms with E-state index in [4.69, 9.17) is 4.99 Å². The number of nitrogens with zero attached hydrogens (tertiary/aromatic N) is 4.